The Balaban J connectivity index is 2.44. The quantitative estimate of drug-likeness (QED) is 0.355. The average Bonchev–Trinajstić information content (AvgIpc) is 2.62. The van der Waals surface area contributed by atoms with Crippen LogP contribution in [-0.4, -0.2) is 24.0 Å². The summed E-state index contributed by atoms with van der Waals surface area (Å²) < 4.78 is 66.1. The molecular formula is C21H20F5IN2O2. The first-order chi connectivity index (χ1) is 14.2. The average molecular weight is 554 g/mol. The molecule has 2 aromatic rings. The minimum absolute atomic E-state index is 0.0334. The fourth-order valence-electron chi connectivity index (χ4n) is 2.96. The van der Waals surface area contributed by atoms with E-state index < -0.39 is 29.5 Å². The third-order valence-corrected chi connectivity index (χ3v) is 5.29. The van der Waals surface area contributed by atoms with E-state index in [1.54, 1.807) is 26.0 Å². The van der Waals surface area contributed by atoms with Crippen LogP contribution in [0.3, 0.4) is 0 Å². The number of anilines is 1. The number of alkyl halides is 5. The molecule has 4 nitrogen and oxygen atoms in total. The lowest BCUT2D eigenvalue weighted by Crippen LogP contribution is -2.34. The van der Waals surface area contributed by atoms with Gasteiger partial charge in [-0.15, -0.1) is 0 Å². The maximum absolute atomic E-state index is 13.7. The number of aryl methyl sites for hydroxylation is 2. The molecule has 0 spiro atoms. The van der Waals surface area contributed by atoms with Crippen molar-refractivity contribution in [3.63, 3.8) is 0 Å². The summed E-state index contributed by atoms with van der Waals surface area (Å²) in [6.45, 7) is 6.16. The summed E-state index contributed by atoms with van der Waals surface area (Å²) in [5.74, 6) is -6.17. The molecule has 168 valence electrons. The highest BCUT2D eigenvalue weighted by Crippen LogP contribution is 2.45. The summed E-state index contributed by atoms with van der Waals surface area (Å²) in [4.78, 5) is 25.5. The number of carbonyl (C=O) groups excluding carboxylic acids is 2. The minimum Gasteiger partial charge on any atom is -0.350 e. The molecule has 0 bridgehead atoms. The predicted octanol–water partition coefficient (Wildman–Crippen LogP) is 5.95. The Kier molecular flexibility index (Phi) is 7.34. The van der Waals surface area contributed by atoms with Crippen LogP contribution in [0.4, 0.5) is 27.6 Å². The monoisotopic (exact) mass is 554 g/mol. The van der Waals surface area contributed by atoms with Crippen molar-refractivity contribution in [2.75, 3.05) is 5.32 Å². The van der Waals surface area contributed by atoms with Crippen molar-refractivity contribution in [3.8, 4) is 0 Å². The van der Waals surface area contributed by atoms with Crippen LogP contribution in [0.25, 0.3) is 0 Å². The summed E-state index contributed by atoms with van der Waals surface area (Å²) in [7, 11) is 0. The number of benzene rings is 2. The van der Waals surface area contributed by atoms with Gasteiger partial charge in [0.1, 0.15) is 0 Å². The van der Waals surface area contributed by atoms with Crippen molar-refractivity contribution in [2.45, 2.75) is 45.8 Å². The number of amides is 2. The molecule has 0 fully saturated rings. The summed E-state index contributed by atoms with van der Waals surface area (Å²) in [5.41, 5.74) is -0.851. The molecule has 2 aromatic carbocycles. The van der Waals surface area contributed by atoms with Gasteiger partial charge in [0.2, 0.25) is 0 Å². The summed E-state index contributed by atoms with van der Waals surface area (Å²) in [6.07, 6.45) is -5.74. The fraction of sp³-hybridized carbons (Fsp3) is 0.333. The topological polar surface area (TPSA) is 58.2 Å². The van der Waals surface area contributed by atoms with Crippen molar-refractivity contribution in [3.05, 3.63) is 61.7 Å². The number of halogens is 6. The lowest BCUT2D eigenvalue weighted by molar-refractivity contribution is -0.289. The number of hydrogen-bond acceptors (Lipinski definition) is 2. The van der Waals surface area contributed by atoms with E-state index in [4.69, 9.17) is 0 Å². The Labute approximate surface area is 189 Å². The van der Waals surface area contributed by atoms with Gasteiger partial charge < -0.3 is 10.6 Å². The SMILES string of the molecule is Cc1cc(C(F)(F)C(F)(F)F)cc(C)c1NC(=O)c1cccc(I)c1C(=O)NC(C)C. The number of hydrogen-bond donors (Lipinski definition) is 2. The van der Waals surface area contributed by atoms with Crippen molar-refractivity contribution in [1.82, 2.24) is 5.32 Å². The lowest BCUT2D eigenvalue weighted by atomic mass is 9.99. The molecule has 0 radical (unpaired) electrons. The third kappa shape index (κ3) is 5.34. The van der Waals surface area contributed by atoms with Gasteiger partial charge in [-0.1, -0.05) is 6.07 Å². The zero-order valence-electron chi connectivity index (χ0n) is 17.0. The van der Waals surface area contributed by atoms with Crippen molar-refractivity contribution in [1.29, 1.82) is 0 Å². The molecule has 0 unspecified atom stereocenters. The van der Waals surface area contributed by atoms with E-state index in [2.05, 4.69) is 10.6 Å². The maximum Gasteiger partial charge on any atom is 0.458 e. The first-order valence-corrected chi connectivity index (χ1v) is 10.2. The zero-order chi connectivity index (χ0) is 23.7. The van der Waals surface area contributed by atoms with E-state index in [9.17, 15) is 31.5 Å². The highest BCUT2D eigenvalue weighted by molar-refractivity contribution is 14.1. The third-order valence-electron chi connectivity index (χ3n) is 4.39. The van der Waals surface area contributed by atoms with Crippen molar-refractivity contribution >= 4 is 40.1 Å². The van der Waals surface area contributed by atoms with Gasteiger partial charge in [0.25, 0.3) is 11.8 Å². The second kappa shape index (κ2) is 9.09. The molecule has 0 heterocycles. The van der Waals surface area contributed by atoms with Gasteiger partial charge in [-0.3, -0.25) is 9.59 Å². The fourth-order valence-corrected chi connectivity index (χ4v) is 3.71. The highest BCUT2D eigenvalue weighted by atomic mass is 127. The molecule has 2 rings (SSSR count). The Bertz CT molecular complexity index is 996. The van der Waals surface area contributed by atoms with Gasteiger partial charge in [-0.05, 0) is 85.7 Å². The van der Waals surface area contributed by atoms with Crippen LogP contribution in [0.1, 0.15) is 51.3 Å². The van der Waals surface area contributed by atoms with E-state index in [0.29, 0.717) is 15.7 Å². The second-order valence-electron chi connectivity index (χ2n) is 7.30. The molecule has 2 N–H and O–H groups in total. The van der Waals surface area contributed by atoms with Crippen LogP contribution in [0.15, 0.2) is 30.3 Å². The molecule has 31 heavy (non-hydrogen) atoms. The van der Waals surface area contributed by atoms with Crippen LogP contribution in [0, 0.1) is 17.4 Å². The van der Waals surface area contributed by atoms with Crippen LogP contribution in [0.5, 0.6) is 0 Å². The molecule has 10 heteroatoms. The molecule has 2 amide bonds. The normalized spacial score (nSPS) is 12.1. The standard InChI is InChI=1S/C21H20F5IN2O2/c1-10(2)28-19(31)16-14(6-5-7-15(16)27)18(30)29-17-11(3)8-13(9-12(17)4)20(22,23)21(24,25)26/h5-10H,1-4H3,(H,28,31)(H,29,30). The van der Waals surface area contributed by atoms with E-state index in [0.717, 1.165) is 0 Å². The van der Waals surface area contributed by atoms with Crippen LogP contribution >= 0.6 is 22.6 Å². The van der Waals surface area contributed by atoms with E-state index in [1.165, 1.54) is 19.9 Å². The predicted molar refractivity (Wildman–Crippen MR) is 116 cm³/mol. The molecule has 0 atom stereocenters. The van der Waals surface area contributed by atoms with Gasteiger partial charge >= 0.3 is 12.1 Å². The molecule has 0 aliphatic heterocycles. The van der Waals surface area contributed by atoms with Crippen molar-refractivity contribution < 1.29 is 31.5 Å². The minimum atomic E-state index is -5.74. The Morgan fingerprint density at radius 2 is 1.52 bits per heavy atom. The maximum atomic E-state index is 13.7. The molecule has 0 aromatic heterocycles. The lowest BCUT2D eigenvalue weighted by Gasteiger charge is -2.22. The van der Waals surface area contributed by atoms with E-state index in [1.807, 2.05) is 22.6 Å². The van der Waals surface area contributed by atoms with Gasteiger partial charge in [-0.25, -0.2) is 0 Å². The number of carbonyl (C=O) groups is 2. The van der Waals surface area contributed by atoms with Crippen LogP contribution in [0.2, 0.25) is 0 Å². The first-order valence-electron chi connectivity index (χ1n) is 9.13. The summed E-state index contributed by atoms with van der Waals surface area (Å²) in [5, 5.41) is 5.25. The van der Waals surface area contributed by atoms with Gasteiger partial charge in [0.15, 0.2) is 0 Å². The molecule has 0 saturated carbocycles. The summed E-state index contributed by atoms with van der Waals surface area (Å²) >= 11 is 1.92. The Morgan fingerprint density at radius 3 is 2.00 bits per heavy atom. The first kappa shape index (κ1) is 25.0. The molecule has 0 aliphatic carbocycles. The van der Waals surface area contributed by atoms with Crippen molar-refractivity contribution in [2.24, 2.45) is 0 Å². The van der Waals surface area contributed by atoms with Gasteiger partial charge in [0, 0.05) is 20.9 Å². The second-order valence-corrected chi connectivity index (χ2v) is 8.46. The highest BCUT2D eigenvalue weighted by Gasteiger charge is 2.58. The number of rotatable bonds is 5. The van der Waals surface area contributed by atoms with E-state index >= 15 is 0 Å². The molecular weight excluding hydrogens is 534 g/mol. The van der Waals surface area contributed by atoms with E-state index in [-0.39, 0.29) is 34.0 Å². The summed E-state index contributed by atoms with van der Waals surface area (Å²) in [6, 6.07) is 5.87. The Morgan fingerprint density at radius 1 is 0.968 bits per heavy atom. The van der Waals surface area contributed by atoms with Crippen LogP contribution < -0.4 is 10.6 Å². The smallest absolute Gasteiger partial charge is 0.350 e. The molecule has 0 saturated heterocycles. The van der Waals surface area contributed by atoms with Gasteiger partial charge in [-0.2, -0.15) is 22.0 Å². The van der Waals surface area contributed by atoms with Gasteiger partial charge in [0.05, 0.1) is 11.1 Å². The van der Waals surface area contributed by atoms with Crippen LogP contribution in [-0.2, 0) is 5.92 Å². The Hall–Kier alpha value is -2.24. The zero-order valence-corrected chi connectivity index (χ0v) is 19.2. The molecule has 0 aliphatic rings. The largest absolute Gasteiger partial charge is 0.458 e. The number of nitrogens with one attached hydrogen (secondary N) is 2.